The van der Waals surface area contributed by atoms with E-state index in [1.54, 1.807) is 6.92 Å². The zero-order valence-electron chi connectivity index (χ0n) is 11.7. The fraction of sp³-hybridized carbons (Fsp3) is 0.929. The minimum atomic E-state index is -0.737. The summed E-state index contributed by atoms with van der Waals surface area (Å²) in [6.45, 7) is 8.51. The Morgan fingerprint density at radius 2 is 1.78 bits per heavy atom. The van der Waals surface area contributed by atoms with Gasteiger partial charge in [-0.1, -0.05) is 6.42 Å². The Kier molecular flexibility index (Phi) is 4.28. The van der Waals surface area contributed by atoms with E-state index in [0.717, 1.165) is 13.1 Å². The predicted molar refractivity (Wildman–Crippen MR) is 71.6 cm³/mol. The van der Waals surface area contributed by atoms with E-state index < -0.39 is 12.0 Å². The first-order valence-electron chi connectivity index (χ1n) is 7.22. The number of carboxylic acids is 1. The maximum atomic E-state index is 11.0. The van der Waals surface area contributed by atoms with E-state index in [1.807, 2.05) is 0 Å². The van der Waals surface area contributed by atoms with Crippen LogP contribution in [0.25, 0.3) is 0 Å². The second kappa shape index (κ2) is 5.57. The third-order valence-electron chi connectivity index (χ3n) is 4.65. The maximum Gasteiger partial charge on any atom is 0.320 e. The van der Waals surface area contributed by atoms with E-state index in [9.17, 15) is 4.79 Å². The topological polar surface area (TPSA) is 52.6 Å². The molecule has 3 unspecified atom stereocenters. The van der Waals surface area contributed by atoms with E-state index in [1.165, 1.54) is 19.3 Å². The van der Waals surface area contributed by atoms with Crippen LogP contribution in [-0.2, 0) is 4.79 Å². The Morgan fingerprint density at radius 1 is 1.22 bits per heavy atom. The SMILES string of the molecule is CC(NC1C2CCCC1CN(C(C)C)C2)C(=O)O. The van der Waals surface area contributed by atoms with Crippen LogP contribution in [0.1, 0.15) is 40.0 Å². The number of fused-ring (bicyclic) bond motifs is 2. The van der Waals surface area contributed by atoms with E-state index in [0.29, 0.717) is 23.9 Å². The summed E-state index contributed by atoms with van der Waals surface area (Å²) in [5.74, 6) is 0.516. The van der Waals surface area contributed by atoms with E-state index in [-0.39, 0.29) is 0 Å². The highest BCUT2D eigenvalue weighted by molar-refractivity contribution is 5.72. The molecule has 18 heavy (non-hydrogen) atoms. The first kappa shape index (κ1) is 13.8. The number of likely N-dealkylation sites (tertiary alicyclic amines) is 1. The summed E-state index contributed by atoms with van der Waals surface area (Å²) < 4.78 is 0. The van der Waals surface area contributed by atoms with Crippen LogP contribution in [0, 0.1) is 11.8 Å². The summed E-state index contributed by atoms with van der Waals surface area (Å²) in [7, 11) is 0. The van der Waals surface area contributed by atoms with Gasteiger partial charge in [-0.3, -0.25) is 4.79 Å². The summed E-state index contributed by atoms with van der Waals surface area (Å²) in [5, 5.41) is 12.4. The number of carbonyl (C=O) groups is 1. The number of carboxylic acid groups (broad SMARTS) is 1. The van der Waals surface area contributed by atoms with Crippen molar-refractivity contribution < 1.29 is 9.90 Å². The first-order valence-corrected chi connectivity index (χ1v) is 7.22. The molecule has 1 saturated carbocycles. The predicted octanol–water partition coefficient (Wildman–Crippen LogP) is 1.56. The van der Waals surface area contributed by atoms with Crippen LogP contribution in [0.5, 0.6) is 0 Å². The van der Waals surface area contributed by atoms with Gasteiger partial charge >= 0.3 is 5.97 Å². The fourth-order valence-corrected chi connectivity index (χ4v) is 3.53. The number of aliphatic carboxylic acids is 1. The Morgan fingerprint density at radius 3 is 2.22 bits per heavy atom. The highest BCUT2D eigenvalue weighted by Crippen LogP contribution is 2.35. The van der Waals surface area contributed by atoms with E-state index in [4.69, 9.17) is 5.11 Å². The van der Waals surface area contributed by atoms with Crippen molar-refractivity contribution in [1.82, 2.24) is 10.2 Å². The van der Waals surface area contributed by atoms with Crippen molar-refractivity contribution in [2.24, 2.45) is 11.8 Å². The molecule has 3 atom stereocenters. The largest absolute Gasteiger partial charge is 0.480 e. The lowest BCUT2D eigenvalue weighted by Gasteiger charge is -2.49. The molecule has 2 fully saturated rings. The van der Waals surface area contributed by atoms with Gasteiger partial charge in [-0.05, 0) is 45.4 Å². The molecule has 0 aromatic rings. The molecule has 4 nitrogen and oxygen atoms in total. The van der Waals surface area contributed by atoms with Crippen molar-refractivity contribution in [2.75, 3.05) is 13.1 Å². The molecule has 0 amide bonds. The Bertz CT molecular complexity index is 292. The average molecular weight is 254 g/mol. The Balaban J connectivity index is 2.02. The highest BCUT2D eigenvalue weighted by Gasteiger charge is 2.40. The van der Waals surface area contributed by atoms with E-state index in [2.05, 4.69) is 24.1 Å². The van der Waals surface area contributed by atoms with Gasteiger partial charge in [-0.25, -0.2) is 0 Å². The standard InChI is InChI=1S/C14H26N2O2/c1-9(2)16-7-11-5-4-6-12(8-16)13(11)15-10(3)14(17)18/h9-13,15H,4-8H2,1-3H3,(H,17,18). The van der Waals surface area contributed by atoms with Crippen LogP contribution < -0.4 is 5.32 Å². The third-order valence-corrected chi connectivity index (χ3v) is 4.65. The summed E-state index contributed by atoms with van der Waals surface area (Å²) >= 11 is 0. The van der Waals surface area contributed by atoms with Crippen molar-refractivity contribution in [2.45, 2.75) is 58.2 Å². The zero-order valence-corrected chi connectivity index (χ0v) is 11.7. The van der Waals surface area contributed by atoms with E-state index >= 15 is 0 Å². The molecule has 1 saturated heterocycles. The first-order chi connectivity index (χ1) is 8.49. The molecule has 0 radical (unpaired) electrons. The van der Waals surface area contributed by atoms with Crippen LogP contribution in [-0.4, -0.2) is 47.2 Å². The summed E-state index contributed by atoms with van der Waals surface area (Å²) in [6, 6.07) is 0.578. The molecule has 0 aromatic carbocycles. The molecule has 1 aliphatic heterocycles. The maximum absolute atomic E-state index is 11.0. The Labute approximate surface area is 110 Å². The molecule has 2 bridgehead atoms. The number of nitrogens with one attached hydrogen (secondary N) is 1. The molecule has 2 aliphatic rings. The molecule has 0 aromatic heterocycles. The molecular formula is C14H26N2O2. The van der Waals surface area contributed by atoms with Gasteiger partial charge in [0.25, 0.3) is 0 Å². The van der Waals surface area contributed by atoms with Crippen LogP contribution in [0.15, 0.2) is 0 Å². The summed E-state index contributed by atoms with van der Waals surface area (Å²) in [5.41, 5.74) is 0. The molecule has 2 N–H and O–H groups in total. The van der Waals surface area contributed by atoms with Gasteiger partial charge in [0.15, 0.2) is 0 Å². The normalized spacial score (nSPS) is 34.6. The van der Waals surface area contributed by atoms with Crippen LogP contribution >= 0.6 is 0 Å². The van der Waals surface area contributed by atoms with Gasteiger partial charge in [0.05, 0.1) is 0 Å². The Hall–Kier alpha value is -0.610. The lowest BCUT2D eigenvalue weighted by Crippen LogP contribution is -2.60. The second-order valence-corrected chi connectivity index (χ2v) is 6.25. The highest BCUT2D eigenvalue weighted by atomic mass is 16.4. The zero-order chi connectivity index (χ0) is 13.3. The average Bonchev–Trinajstić information content (AvgIpc) is 2.27. The minimum absolute atomic E-state index is 0.403. The number of rotatable bonds is 4. The molecule has 4 heteroatoms. The van der Waals surface area contributed by atoms with Gasteiger partial charge in [0.1, 0.15) is 6.04 Å². The third kappa shape index (κ3) is 2.86. The lowest BCUT2D eigenvalue weighted by molar-refractivity contribution is -0.139. The number of nitrogens with zero attached hydrogens (tertiary/aromatic N) is 1. The van der Waals surface area contributed by atoms with Gasteiger partial charge < -0.3 is 15.3 Å². The van der Waals surface area contributed by atoms with Crippen LogP contribution in [0.4, 0.5) is 0 Å². The lowest BCUT2D eigenvalue weighted by atomic mass is 9.73. The number of piperidine rings is 1. The van der Waals surface area contributed by atoms with Gasteiger partial charge in [0.2, 0.25) is 0 Å². The van der Waals surface area contributed by atoms with Gasteiger partial charge in [-0.2, -0.15) is 0 Å². The minimum Gasteiger partial charge on any atom is -0.480 e. The summed E-state index contributed by atoms with van der Waals surface area (Å²) in [4.78, 5) is 13.5. The molecular weight excluding hydrogens is 228 g/mol. The quantitative estimate of drug-likeness (QED) is 0.799. The molecule has 104 valence electrons. The molecule has 2 rings (SSSR count). The number of hydrogen-bond donors (Lipinski definition) is 2. The van der Waals surface area contributed by atoms with Crippen molar-refractivity contribution in [3.8, 4) is 0 Å². The number of hydrogen-bond acceptors (Lipinski definition) is 3. The summed E-state index contributed by atoms with van der Waals surface area (Å²) in [6.07, 6.45) is 3.79. The fourth-order valence-electron chi connectivity index (χ4n) is 3.53. The van der Waals surface area contributed by atoms with Crippen molar-refractivity contribution in [1.29, 1.82) is 0 Å². The molecule has 1 heterocycles. The van der Waals surface area contributed by atoms with Gasteiger partial charge in [-0.15, -0.1) is 0 Å². The van der Waals surface area contributed by atoms with Crippen molar-refractivity contribution in [3.63, 3.8) is 0 Å². The smallest absolute Gasteiger partial charge is 0.320 e. The second-order valence-electron chi connectivity index (χ2n) is 6.25. The van der Waals surface area contributed by atoms with Crippen LogP contribution in [0.2, 0.25) is 0 Å². The molecule has 1 aliphatic carbocycles. The monoisotopic (exact) mass is 254 g/mol. The van der Waals surface area contributed by atoms with Gasteiger partial charge in [0, 0.05) is 25.2 Å². The molecule has 0 spiro atoms. The van der Waals surface area contributed by atoms with Crippen molar-refractivity contribution >= 4 is 5.97 Å². The van der Waals surface area contributed by atoms with Crippen LogP contribution in [0.3, 0.4) is 0 Å². The van der Waals surface area contributed by atoms with Crippen molar-refractivity contribution in [3.05, 3.63) is 0 Å².